The van der Waals surface area contributed by atoms with Gasteiger partial charge in [-0.3, -0.25) is 0 Å². The van der Waals surface area contributed by atoms with Crippen molar-refractivity contribution in [2.24, 2.45) is 107 Å². The zero-order valence-electron chi connectivity index (χ0n) is 65.6. The fourth-order valence-corrected chi connectivity index (χ4v) is 14.5. The van der Waals surface area contributed by atoms with Crippen LogP contribution in [0.25, 0.3) is 0 Å². The average molecular weight is 1300 g/mol. The molecule has 0 aromatic carbocycles. The predicted octanol–water partition coefficient (Wildman–Crippen LogP) is 23.2. The van der Waals surface area contributed by atoms with E-state index in [2.05, 4.69) is 154 Å². The van der Waals surface area contributed by atoms with E-state index in [1.165, 1.54) is 160 Å². The van der Waals surface area contributed by atoms with Crippen LogP contribution in [0.2, 0.25) is 0 Å². The largest absolute Gasteiger partial charge is 0.384 e. The number of allylic oxidation sites excluding steroid dienone is 7. The quantitative estimate of drug-likeness (QED) is 0.0992. The van der Waals surface area contributed by atoms with E-state index < -0.39 is 0 Å². The van der Waals surface area contributed by atoms with Crippen molar-refractivity contribution in [2.45, 2.75) is 303 Å². The van der Waals surface area contributed by atoms with Gasteiger partial charge >= 0.3 is 0 Å². The lowest BCUT2D eigenvalue weighted by Crippen LogP contribution is -2.24. The van der Waals surface area contributed by atoms with Gasteiger partial charge in [0.2, 0.25) is 0 Å². The molecule has 0 radical (unpaired) electrons. The van der Waals surface area contributed by atoms with E-state index in [0.29, 0.717) is 30.3 Å². The van der Waals surface area contributed by atoms with Gasteiger partial charge in [-0.15, -0.1) is 0 Å². The molecule has 12 rings (SSSR count). The summed E-state index contributed by atoms with van der Waals surface area (Å²) >= 11 is 0. The van der Waals surface area contributed by atoms with E-state index in [-0.39, 0.29) is 0 Å². The Hall–Kier alpha value is -1.36. The Morgan fingerprint density at radius 1 is 0.337 bits per heavy atom. The molecule has 6 saturated carbocycles. The zero-order valence-corrected chi connectivity index (χ0v) is 65.6. The smallest absolute Gasteiger partial charge is 0.107 e. The summed E-state index contributed by atoms with van der Waals surface area (Å²) in [4.78, 5) is 0. The van der Waals surface area contributed by atoms with Gasteiger partial charge in [-0.25, -0.2) is 0 Å². The maximum atomic E-state index is 5.07. The number of hydrogen-bond donors (Lipinski definition) is 0. The van der Waals surface area contributed by atoms with E-state index in [0.717, 1.165) is 140 Å². The first-order valence-corrected chi connectivity index (χ1v) is 38.9. The highest BCUT2D eigenvalue weighted by Crippen LogP contribution is 2.40. The molecule has 18 atom stereocenters. The molecule has 10 aliphatic carbocycles. The number of epoxide rings is 2. The minimum atomic E-state index is 0.394. The third-order valence-electron chi connectivity index (χ3n) is 21.9. The van der Waals surface area contributed by atoms with Crippen LogP contribution in [0.5, 0.6) is 0 Å². The van der Waals surface area contributed by atoms with Gasteiger partial charge in [0.05, 0.1) is 31.5 Å². The fourth-order valence-electron chi connectivity index (χ4n) is 14.5. The van der Waals surface area contributed by atoms with Gasteiger partial charge in [-0.05, 0) is 237 Å². The Morgan fingerprint density at radius 3 is 0.957 bits per heavy atom. The summed E-state index contributed by atoms with van der Waals surface area (Å²) in [5.41, 5.74) is 3.12. The standard InChI is InChI=1S/C8H16O.2C8H14O.C8H16.2C8H14.C7H14O.C7H14.C6H12O.C6H12.C5H10O2.C5H10O/c3*1-7-3-4-8(5-7)6-9-2;3*1-3-8-5-4-7(2)6-8;1-6-3-7(4-6)5-8-2;1-3-7-4-6(2)5-7;1-5-3-6(5)4-7-2;1-3-6-4-5(6)2;1-4-5(7-4)3-6-2;1-3-5-4(2)6-5/h7-8H,3-6H2,1-2H3;3,8H,4-6H2,1-2H3;3-4,7-8H,5-6H2,1-2H3;7-8H,3-6H2,1-2H3;4,8H,3,5-6H2,1-2H3;4-5,7-8H,3,6H2,1-2H3;6-7H,3-5H2,1-2H3;6-7H,3-5H2,1-2H3;5-6H,3-4H2,1-2H3;5-6H,3-4H2,1-2H3;4-5H,3H2,1-2H3;4-5H,3H2,1-2H3. The van der Waals surface area contributed by atoms with Crippen LogP contribution in [-0.4, -0.2) is 107 Å². The van der Waals surface area contributed by atoms with Crippen LogP contribution >= 0.6 is 0 Å². The van der Waals surface area contributed by atoms with Crippen LogP contribution in [0.15, 0.2) is 47.6 Å². The SMILES string of the molecule is CCC1C=CC(C)C1.CCC1CC(C)C1.CCC1CC1C.CCC1CC=C(C)C1.CCC1CCC(C)C1.CCC1OC1C.COCC1C=CC(C)C1.COCC1CC(C)C1.COCC1CC1C.COCC1CC=C(C)C1.COCC1CCC(C)C1.COCC1OC1C. The van der Waals surface area contributed by atoms with Crippen molar-refractivity contribution in [3.05, 3.63) is 47.6 Å². The lowest BCUT2D eigenvalue weighted by atomic mass is 9.75. The molecule has 18 unspecified atom stereocenters. The first-order chi connectivity index (χ1) is 44.0. The van der Waals surface area contributed by atoms with Crippen LogP contribution in [0, 0.1) is 107 Å². The first kappa shape index (κ1) is 88.7. The van der Waals surface area contributed by atoms with E-state index in [1.54, 1.807) is 48.2 Å². The van der Waals surface area contributed by atoms with Crippen LogP contribution in [0.4, 0.5) is 0 Å². The molecule has 2 heterocycles. The number of ether oxygens (including phenoxy) is 8. The van der Waals surface area contributed by atoms with Crippen LogP contribution in [-0.2, 0) is 37.9 Å². The van der Waals surface area contributed by atoms with Crippen molar-refractivity contribution in [3.8, 4) is 0 Å². The first-order valence-electron chi connectivity index (χ1n) is 38.9. The molecule has 92 heavy (non-hydrogen) atoms. The second-order valence-corrected chi connectivity index (χ2v) is 31.8. The summed E-state index contributed by atoms with van der Waals surface area (Å²) in [6.45, 7) is 46.1. The molecule has 0 N–H and O–H groups in total. The normalized spacial score (nSPS) is 36.0. The fraction of sp³-hybridized carbons (Fsp3) is 0.905. The molecule has 0 amide bonds. The molecule has 2 aliphatic heterocycles. The van der Waals surface area contributed by atoms with Gasteiger partial charge in [-0.2, -0.15) is 0 Å². The van der Waals surface area contributed by atoms with Crippen molar-refractivity contribution >= 4 is 0 Å². The summed E-state index contributed by atoms with van der Waals surface area (Å²) in [7, 11) is 10.6. The second-order valence-electron chi connectivity index (χ2n) is 31.8. The molecule has 8 nitrogen and oxygen atoms in total. The summed E-state index contributed by atoms with van der Waals surface area (Å²) in [5.74, 6) is 16.9. The Labute approximate surface area is 574 Å². The summed E-state index contributed by atoms with van der Waals surface area (Å²) in [5, 5.41) is 0. The molecule has 8 heteroatoms. The zero-order chi connectivity index (χ0) is 69.0. The molecular formula is C84H160O8. The lowest BCUT2D eigenvalue weighted by molar-refractivity contribution is 0.0805. The summed E-state index contributed by atoms with van der Waals surface area (Å²) in [6, 6.07) is 0. The second kappa shape index (κ2) is 53.6. The van der Waals surface area contributed by atoms with Gasteiger partial charge < -0.3 is 37.9 Å². The van der Waals surface area contributed by atoms with Gasteiger partial charge in [0.1, 0.15) is 6.10 Å². The highest BCUT2D eigenvalue weighted by molar-refractivity contribution is 5.07. The highest BCUT2D eigenvalue weighted by atomic mass is 16.6. The Morgan fingerprint density at radius 2 is 0.728 bits per heavy atom. The highest BCUT2D eigenvalue weighted by Gasteiger charge is 2.34. The van der Waals surface area contributed by atoms with Crippen molar-refractivity contribution in [3.63, 3.8) is 0 Å². The Balaban J connectivity index is 0.000000503. The average Bonchev–Trinajstić information content (AvgIpc) is 3.62. The van der Waals surface area contributed by atoms with Crippen molar-refractivity contribution < 1.29 is 37.9 Å². The third kappa shape index (κ3) is 45.3. The lowest BCUT2D eigenvalue weighted by Gasteiger charge is -2.31. The Bertz CT molecular complexity index is 1780. The van der Waals surface area contributed by atoms with Gasteiger partial charge in [0, 0.05) is 75.0 Å². The van der Waals surface area contributed by atoms with Crippen LogP contribution in [0.1, 0.15) is 279 Å². The van der Waals surface area contributed by atoms with Crippen molar-refractivity contribution in [2.75, 3.05) is 82.3 Å². The molecule has 0 bridgehead atoms. The van der Waals surface area contributed by atoms with Crippen molar-refractivity contribution in [1.29, 1.82) is 0 Å². The predicted molar refractivity (Wildman–Crippen MR) is 399 cm³/mol. The molecule has 544 valence electrons. The van der Waals surface area contributed by atoms with E-state index in [4.69, 9.17) is 37.9 Å². The van der Waals surface area contributed by atoms with Crippen molar-refractivity contribution in [1.82, 2.24) is 0 Å². The van der Waals surface area contributed by atoms with E-state index >= 15 is 0 Å². The molecular weight excluding hydrogens is 1140 g/mol. The Kier molecular flexibility index (Phi) is 51.6. The third-order valence-corrected chi connectivity index (χ3v) is 21.9. The van der Waals surface area contributed by atoms with E-state index in [9.17, 15) is 0 Å². The number of hydrogen-bond acceptors (Lipinski definition) is 8. The molecule has 12 aliphatic rings. The van der Waals surface area contributed by atoms with Gasteiger partial charge in [0.15, 0.2) is 0 Å². The topological polar surface area (TPSA) is 80.4 Å². The maximum Gasteiger partial charge on any atom is 0.107 e. The van der Waals surface area contributed by atoms with Gasteiger partial charge in [0.25, 0.3) is 0 Å². The maximum absolute atomic E-state index is 5.07. The number of rotatable bonds is 18. The molecule has 0 aromatic heterocycles. The minimum absolute atomic E-state index is 0.394. The number of methoxy groups -OCH3 is 6. The summed E-state index contributed by atoms with van der Waals surface area (Å²) in [6.07, 6.45) is 49.1. The molecule has 0 spiro atoms. The van der Waals surface area contributed by atoms with Gasteiger partial charge in [-0.1, -0.05) is 189 Å². The van der Waals surface area contributed by atoms with Crippen LogP contribution < -0.4 is 0 Å². The van der Waals surface area contributed by atoms with E-state index in [1.807, 2.05) is 6.92 Å². The molecule has 2 saturated heterocycles. The van der Waals surface area contributed by atoms with Crippen LogP contribution in [0.3, 0.4) is 0 Å². The summed E-state index contributed by atoms with van der Waals surface area (Å²) < 4.78 is 40.0. The molecule has 8 fully saturated rings. The monoisotopic (exact) mass is 1300 g/mol. The minimum Gasteiger partial charge on any atom is -0.384 e. The molecule has 0 aromatic rings.